The molecule has 0 aromatic heterocycles. The van der Waals surface area contributed by atoms with Crippen LogP contribution in [0.2, 0.25) is 0 Å². The van der Waals surface area contributed by atoms with Gasteiger partial charge in [0.25, 0.3) is 0 Å². The maximum Gasteiger partial charge on any atom is 0.401 e. The lowest BCUT2D eigenvalue weighted by Gasteiger charge is -2.32. The van der Waals surface area contributed by atoms with Crippen LogP contribution < -0.4 is 14.8 Å². The molecule has 1 aliphatic rings. The fraction of sp³-hybridized carbons (Fsp3) is 0.625. The third kappa shape index (κ3) is 5.58. The normalized spacial score (nSPS) is 17.3. The summed E-state index contributed by atoms with van der Waals surface area (Å²) < 4.78 is 47.5. The Kier molecular flexibility index (Phi) is 6.12. The number of piperidine rings is 1. The maximum absolute atomic E-state index is 12.4. The fourth-order valence-electron chi connectivity index (χ4n) is 2.80. The largest absolute Gasteiger partial charge is 0.493 e. The molecular formula is C16H23F3N2O2. The van der Waals surface area contributed by atoms with Gasteiger partial charge >= 0.3 is 6.18 Å². The van der Waals surface area contributed by atoms with Crippen molar-refractivity contribution in [2.45, 2.75) is 31.6 Å². The molecule has 0 atom stereocenters. The summed E-state index contributed by atoms with van der Waals surface area (Å²) >= 11 is 0. The molecule has 0 spiro atoms. The quantitative estimate of drug-likeness (QED) is 0.869. The van der Waals surface area contributed by atoms with E-state index in [0.717, 1.165) is 18.4 Å². The van der Waals surface area contributed by atoms with Crippen LogP contribution in [-0.4, -0.2) is 51.0 Å². The second kappa shape index (κ2) is 7.88. The number of nitrogens with zero attached hydrogens (tertiary/aromatic N) is 1. The lowest BCUT2D eigenvalue weighted by atomic mass is 10.0. The number of likely N-dealkylation sites (tertiary alicyclic amines) is 1. The van der Waals surface area contributed by atoms with Gasteiger partial charge in [0.2, 0.25) is 0 Å². The average molecular weight is 332 g/mol. The van der Waals surface area contributed by atoms with E-state index in [2.05, 4.69) is 5.32 Å². The zero-order valence-corrected chi connectivity index (χ0v) is 13.4. The summed E-state index contributed by atoms with van der Waals surface area (Å²) in [4.78, 5) is 1.47. The molecule has 7 heteroatoms. The van der Waals surface area contributed by atoms with Crippen LogP contribution in [0.4, 0.5) is 13.2 Å². The van der Waals surface area contributed by atoms with E-state index in [1.54, 1.807) is 14.2 Å². The van der Waals surface area contributed by atoms with Gasteiger partial charge in [0.15, 0.2) is 11.5 Å². The van der Waals surface area contributed by atoms with Crippen LogP contribution in [0, 0.1) is 0 Å². The van der Waals surface area contributed by atoms with E-state index in [4.69, 9.17) is 9.47 Å². The Morgan fingerprint density at radius 3 is 2.35 bits per heavy atom. The minimum absolute atomic E-state index is 0.243. The molecule has 0 unspecified atom stereocenters. The van der Waals surface area contributed by atoms with E-state index in [0.29, 0.717) is 31.1 Å². The highest BCUT2D eigenvalue weighted by molar-refractivity contribution is 5.42. The van der Waals surface area contributed by atoms with Crippen molar-refractivity contribution in [2.75, 3.05) is 33.9 Å². The molecule has 1 aromatic rings. The van der Waals surface area contributed by atoms with E-state index < -0.39 is 12.7 Å². The minimum Gasteiger partial charge on any atom is -0.493 e. The number of rotatable bonds is 6. The minimum atomic E-state index is -4.11. The number of hydrogen-bond donors (Lipinski definition) is 1. The zero-order chi connectivity index (χ0) is 16.9. The number of halogens is 3. The lowest BCUT2D eigenvalue weighted by Crippen LogP contribution is -2.45. The van der Waals surface area contributed by atoms with Crippen molar-refractivity contribution in [3.8, 4) is 11.5 Å². The van der Waals surface area contributed by atoms with Crippen molar-refractivity contribution in [1.82, 2.24) is 10.2 Å². The molecule has 23 heavy (non-hydrogen) atoms. The van der Waals surface area contributed by atoms with E-state index in [9.17, 15) is 13.2 Å². The Morgan fingerprint density at radius 2 is 1.78 bits per heavy atom. The molecule has 1 heterocycles. The standard InChI is InChI=1S/C16H23F3N2O2/c1-22-14-4-3-12(9-15(14)23-2)10-20-13-5-7-21(8-6-13)11-16(17,18)19/h3-4,9,13,20H,5-8,10-11H2,1-2H3. The number of nitrogens with one attached hydrogen (secondary N) is 1. The highest BCUT2D eigenvalue weighted by Crippen LogP contribution is 2.27. The fourth-order valence-corrected chi connectivity index (χ4v) is 2.80. The van der Waals surface area contributed by atoms with Crippen molar-refractivity contribution in [3.63, 3.8) is 0 Å². The van der Waals surface area contributed by atoms with Gasteiger partial charge in [-0.05, 0) is 43.6 Å². The maximum atomic E-state index is 12.4. The summed E-state index contributed by atoms with van der Waals surface area (Å²) in [5.41, 5.74) is 1.06. The molecule has 0 aliphatic carbocycles. The molecule has 0 amide bonds. The van der Waals surface area contributed by atoms with Gasteiger partial charge in [-0.1, -0.05) is 6.07 Å². The van der Waals surface area contributed by atoms with E-state index in [1.807, 2.05) is 18.2 Å². The van der Waals surface area contributed by atoms with Gasteiger partial charge in [-0.15, -0.1) is 0 Å². The summed E-state index contributed by atoms with van der Waals surface area (Å²) in [7, 11) is 3.18. The van der Waals surface area contributed by atoms with Crippen LogP contribution in [0.15, 0.2) is 18.2 Å². The Morgan fingerprint density at radius 1 is 1.13 bits per heavy atom. The molecule has 0 bridgehead atoms. The van der Waals surface area contributed by atoms with Crippen molar-refractivity contribution in [2.24, 2.45) is 0 Å². The molecule has 0 saturated carbocycles. The van der Waals surface area contributed by atoms with Crippen molar-refractivity contribution in [3.05, 3.63) is 23.8 Å². The molecule has 0 radical (unpaired) electrons. The SMILES string of the molecule is COc1ccc(CNC2CCN(CC(F)(F)F)CC2)cc1OC. The number of hydrogen-bond acceptors (Lipinski definition) is 4. The summed E-state index contributed by atoms with van der Waals surface area (Å²) in [6, 6.07) is 5.95. The number of benzene rings is 1. The smallest absolute Gasteiger partial charge is 0.401 e. The Balaban J connectivity index is 1.79. The van der Waals surface area contributed by atoms with Crippen molar-refractivity contribution < 1.29 is 22.6 Å². The molecule has 2 rings (SSSR count). The Labute approximate surface area is 134 Å². The molecule has 1 N–H and O–H groups in total. The number of methoxy groups -OCH3 is 2. The Hall–Kier alpha value is -1.47. The lowest BCUT2D eigenvalue weighted by molar-refractivity contribution is -0.148. The first-order chi connectivity index (χ1) is 10.9. The van der Waals surface area contributed by atoms with Gasteiger partial charge in [0.05, 0.1) is 20.8 Å². The number of ether oxygens (including phenoxy) is 2. The van der Waals surface area contributed by atoms with Gasteiger partial charge in [-0.2, -0.15) is 13.2 Å². The van der Waals surface area contributed by atoms with Gasteiger partial charge in [-0.3, -0.25) is 4.90 Å². The summed E-state index contributed by atoms with van der Waals surface area (Å²) in [6.07, 6.45) is -2.66. The van der Waals surface area contributed by atoms with E-state index in [-0.39, 0.29) is 6.04 Å². The second-order valence-corrected chi connectivity index (χ2v) is 5.74. The first kappa shape index (κ1) is 17.9. The number of alkyl halides is 3. The van der Waals surface area contributed by atoms with Crippen LogP contribution >= 0.6 is 0 Å². The van der Waals surface area contributed by atoms with Crippen LogP contribution in [0.5, 0.6) is 11.5 Å². The monoisotopic (exact) mass is 332 g/mol. The highest BCUT2D eigenvalue weighted by atomic mass is 19.4. The van der Waals surface area contributed by atoms with E-state index in [1.165, 1.54) is 4.90 Å². The molecule has 1 saturated heterocycles. The molecule has 130 valence electrons. The molecule has 1 fully saturated rings. The molecule has 4 nitrogen and oxygen atoms in total. The van der Waals surface area contributed by atoms with Crippen molar-refractivity contribution in [1.29, 1.82) is 0 Å². The topological polar surface area (TPSA) is 33.7 Å². The van der Waals surface area contributed by atoms with Crippen LogP contribution in [0.1, 0.15) is 18.4 Å². The summed E-state index contributed by atoms with van der Waals surface area (Å²) in [5, 5.41) is 3.41. The average Bonchev–Trinajstić information content (AvgIpc) is 2.52. The molecule has 1 aromatic carbocycles. The van der Waals surface area contributed by atoms with Crippen LogP contribution in [0.3, 0.4) is 0 Å². The van der Waals surface area contributed by atoms with E-state index >= 15 is 0 Å². The van der Waals surface area contributed by atoms with Crippen molar-refractivity contribution >= 4 is 0 Å². The van der Waals surface area contributed by atoms with Gasteiger partial charge < -0.3 is 14.8 Å². The molecular weight excluding hydrogens is 309 g/mol. The first-order valence-electron chi connectivity index (χ1n) is 7.64. The zero-order valence-electron chi connectivity index (χ0n) is 13.4. The summed E-state index contributed by atoms with van der Waals surface area (Å²) in [6.45, 7) is 0.798. The van der Waals surface area contributed by atoms with Gasteiger partial charge in [-0.25, -0.2) is 0 Å². The first-order valence-corrected chi connectivity index (χ1v) is 7.64. The van der Waals surface area contributed by atoms with Crippen LogP contribution in [-0.2, 0) is 6.54 Å². The Bertz CT molecular complexity index is 501. The second-order valence-electron chi connectivity index (χ2n) is 5.74. The predicted molar refractivity (Wildman–Crippen MR) is 81.9 cm³/mol. The highest BCUT2D eigenvalue weighted by Gasteiger charge is 2.32. The molecule has 1 aliphatic heterocycles. The van der Waals surface area contributed by atoms with Gasteiger partial charge in [0, 0.05) is 12.6 Å². The van der Waals surface area contributed by atoms with Gasteiger partial charge in [0.1, 0.15) is 0 Å². The van der Waals surface area contributed by atoms with Crippen LogP contribution in [0.25, 0.3) is 0 Å². The third-order valence-electron chi connectivity index (χ3n) is 4.03. The third-order valence-corrected chi connectivity index (χ3v) is 4.03. The summed E-state index contributed by atoms with van der Waals surface area (Å²) in [5.74, 6) is 1.35. The predicted octanol–water partition coefficient (Wildman–Crippen LogP) is 2.82.